The molecule has 2 bridgehead atoms. The van der Waals surface area contributed by atoms with Crippen molar-refractivity contribution in [1.82, 2.24) is 4.98 Å². The van der Waals surface area contributed by atoms with Gasteiger partial charge >= 0.3 is 17.9 Å². The van der Waals surface area contributed by atoms with Gasteiger partial charge in [0.2, 0.25) is 0 Å². The number of hydrogen-bond acceptors (Lipinski definition) is 8. The van der Waals surface area contributed by atoms with E-state index in [2.05, 4.69) is 11.6 Å². The van der Waals surface area contributed by atoms with E-state index in [4.69, 9.17) is 14.2 Å². The highest BCUT2D eigenvalue weighted by Gasteiger charge is 2.81. The molecule has 0 amide bonds. The second-order valence-electron chi connectivity index (χ2n) is 11.1. The maximum absolute atomic E-state index is 13.9. The molecule has 0 N–H and O–H groups in total. The zero-order valence-electron chi connectivity index (χ0n) is 19.2. The van der Waals surface area contributed by atoms with Gasteiger partial charge in [0.05, 0.1) is 16.9 Å². The van der Waals surface area contributed by atoms with Crippen LogP contribution in [0.3, 0.4) is 0 Å². The third-order valence-corrected chi connectivity index (χ3v) is 9.28. The number of cyclic esters (lactones) is 1. The number of carbonyl (C=O) groups is 4. The zero-order chi connectivity index (χ0) is 24.0. The fourth-order valence-corrected chi connectivity index (χ4v) is 7.95. The lowest BCUT2D eigenvalue weighted by Crippen LogP contribution is -2.71. The number of hydrogen-bond donors (Lipinski definition) is 0. The van der Waals surface area contributed by atoms with Crippen LogP contribution in [-0.4, -0.2) is 47.5 Å². The number of esters is 3. The molecule has 3 saturated carbocycles. The van der Waals surface area contributed by atoms with Gasteiger partial charge in [0.25, 0.3) is 0 Å². The lowest BCUT2D eigenvalue weighted by molar-refractivity contribution is -0.244. The van der Waals surface area contributed by atoms with E-state index in [0.29, 0.717) is 25.7 Å². The number of ketones is 1. The summed E-state index contributed by atoms with van der Waals surface area (Å²) < 4.78 is 17.6. The van der Waals surface area contributed by atoms with Crippen molar-refractivity contribution in [3.8, 4) is 0 Å². The standard InChI is InChI=1S/C26H27NO7/c1-13-15-6-7-16-25-12-32-22(30)18(25)24(2,3)9-8-17(25)33-23(31)26(16,19(13)28)20(15)34-21(29)14-5-4-10-27-11-14/h4-5,10-11,15-18,20H,1,6-9,12H2,2-3H3/t15-,16-,17-,18+,20+,25+,26-/m0/s1. The third kappa shape index (κ3) is 2.36. The molecule has 3 heterocycles. The lowest BCUT2D eigenvalue weighted by atomic mass is 9.43. The van der Waals surface area contributed by atoms with Crippen LogP contribution in [-0.2, 0) is 28.6 Å². The Labute approximate surface area is 197 Å². The first-order valence-electron chi connectivity index (χ1n) is 11.9. The number of aromatic nitrogens is 1. The van der Waals surface area contributed by atoms with Crippen molar-refractivity contribution in [3.05, 3.63) is 42.2 Å². The van der Waals surface area contributed by atoms with Crippen LogP contribution in [0.2, 0.25) is 0 Å². The summed E-state index contributed by atoms with van der Waals surface area (Å²) in [6.07, 6.45) is 3.73. The first kappa shape index (κ1) is 21.5. The Morgan fingerprint density at radius 1 is 1.21 bits per heavy atom. The summed E-state index contributed by atoms with van der Waals surface area (Å²) in [7, 11) is 0. The molecule has 8 nitrogen and oxygen atoms in total. The van der Waals surface area contributed by atoms with Crippen molar-refractivity contribution in [1.29, 1.82) is 0 Å². The average Bonchev–Trinajstić information content (AvgIpc) is 3.23. The summed E-state index contributed by atoms with van der Waals surface area (Å²) in [5.41, 5.74) is -2.41. The molecule has 178 valence electrons. The number of nitrogens with zero attached hydrogens (tertiary/aromatic N) is 1. The summed E-state index contributed by atoms with van der Waals surface area (Å²) >= 11 is 0. The predicted molar refractivity (Wildman–Crippen MR) is 116 cm³/mol. The van der Waals surface area contributed by atoms with E-state index in [0.717, 1.165) is 0 Å². The number of pyridine rings is 1. The molecule has 7 atom stereocenters. The van der Waals surface area contributed by atoms with Crippen molar-refractivity contribution in [2.24, 2.45) is 34.0 Å². The van der Waals surface area contributed by atoms with Gasteiger partial charge in [0.15, 0.2) is 11.2 Å². The fraction of sp³-hybridized carbons (Fsp3) is 0.577. The van der Waals surface area contributed by atoms with Gasteiger partial charge in [-0.05, 0) is 54.7 Å². The first-order valence-corrected chi connectivity index (χ1v) is 11.9. The smallest absolute Gasteiger partial charge is 0.340 e. The van der Waals surface area contributed by atoms with Crippen LogP contribution in [0.15, 0.2) is 36.7 Å². The van der Waals surface area contributed by atoms with Gasteiger partial charge in [-0.2, -0.15) is 0 Å². The van der Waals surface area contributed by atoms with Gasteiger partial charge in [0, 0.05) is 18.3 Å². The maximum atomic E-state index is 13.9. The number of rotatable bonds is 2. The molecule has 2 saturated heterocycles. The van der Waals surface area contributed by atoms with E-state index in [1.54, 1.807) is 18.3 Å². The molecule has 0 radical (unpaired) electrons. The second kappa shape index (κ2) is 6.77. The monoisotopic (exact) mass is 465 g/mol. The fourth-order valence-electron chi connectivity index (χ4n) is 7.95. The number of ether oxygens (including phenoxy) is 3. The SMILES string of the molecule is C=C1C(=O)[C@@]23C(=O)O[C@H]4CCC(C)(C)[C@H]5C(=O)OC[C@@]45[C@@H]2CC[C@@H]1[C@H]3OC(=O)c1cccnc1. The molecule has 8 heteroatoms. The molecule has 5 fully saturated rings. The van der Waals surface area contributed by atoms with Gasteiger partial charge in [-0.15, -0.1) is 0 Å². The lowest BCUT2D eigenvalue weighted by Gasteiger charge is -2.61. The third-order valence-electron chi connectivity index (χ3n) is 9.28. The molecule has 6 rings (SSSR count). The molecule has 2 spiro atoms. The molecule has 1 aromatic heterocycles. The van der Waals surface area contributed by atoms with Crippen molar-refractivity contribution in [2.75, 3.05) is 6.61 Å². The Balaban J connectivity index is 1.50. The summed E-state index contributed by atoms with van der Waals surface area (Å²) in [5.74, 6) is -3.58. The van der Waals surface area contributed by atoms with Crippen molar-refractivity contribution in [2.45, 2.75) is 51.7 Å². The van der Waals surface area contributed by atoms with E-state index in [-0.39, 0.29) is 29.1 Å². The summed E-state index contributed by atoms with van der Waals surface area (Å²) in [4.78, 5) is 57.7. The van der Waals surface area contributed by atoms with Crippen LogP contribution in [0, 0.1) is 34.0 Å². The average molecular weight is 466 g/mol. The highest BCUT2D eigenvalue weighted by Crippen LogP contribution is 2.71. The van der Waals surface area contributed by atoms with Crippen molar-refractivity contribution < 1.29 is 33.4 Å². The number of Topliss-reactive ketones (excluding diaryl/α,β-unsaturated/α-hetero) is 1. The molecular weight excluding hydrogens is 438 g/mol. The molecule has 3 aliphatic carbocycles. The summed E-state index contributed by atoms with van der Waals surface area (Å²) in [5, 5.41) is 0. The van der Waals surface area contributed by atoms with Gasteiger partial charge in [-0.25, -0.2) is 4.79 Å². The van der Waals surface area contributed by atoms with Crippen LogP contribution < -0.4 is 0 Å². The minimum absolute atomic E-state index is 0.0952. The highest BCUT2D eigenvalue weighted by atomic mass is 16.6. The van der Waals surface area contributed by atoms with Gasteiger partial charge < -0.3 is 14.2 Å². The number of carbonyl (C=O) groups excluding carboxylic acids is 4. The second-order valence-corrected chi connectivity index (χ2v) is 11.1. The van der Waals surface area contributed by atoms with Gasteiger partial charge in [0.1, 0.15) is 18.8 Å². The van der Waals surface area contributed by atoms with E-state index < -0.39 is 58.5 Å². The highest BCUT2D eigenvalue weighted by molar-refractivity contribution is 6.16. The van der Waals surface area contributed by atoms with Crippen molar-refractivity contribution >= 4 is 23.7 Å². The van der Waals surface area contributed by atoms with Crippen LogP contribution >= 0.6 is 0 Å². The molecule has 0 unspecified atom stereocenters. The van der Waals surface area contributed by atoms with E-state index in [1.165, 1.54) is 6.20 Å². The van der Waals surface area contributed by atoms with Gasteiger partial charge in [-0.1, -0.05) is 20.4 Å². The maximum Gasteiger partial charge on any atom is 0.340 e. The Kier molecular flexibility index (Phi) is 4.28. The van der Waals surface area contributed by atoms with E-state index in [9.17, 15) is 19.2 Å². The first-order chi connectivity index (χ1) is 16.2. The normalized spacial score (nSPS) is 41.6. The molecular formula is C26H27NO7. The van der Waals surface area contributed by atoms with Crippen LogP contribution in [0.5, 0.6) is 0 Å². The predicted octanol–water partition coefficient (Wildman–Crippen LogP) is 2.66. The Morgan fingerprint density at radius 2 is 2.00 bits per heavy atom. The molecule has 0 aromatic carbocycles. The zero-order valence-corrected chi connectivity index (χ0v) is 19.2. The molecule has 34 heavy (non-hydrogen) atoms. The summed E-state index contributed by atoms with van der Waals surface area (Å²) in [6, 6.07) is 3.19. The van der Waals surface area contributed by atoms with Crippen LogP contribution in [0.25, 0.3) is 0 Å². The van der Waals surface area contributed by atoms with E-state index in [1.807, 2.05) is 13.8 Å². The Morgan fingerprint density at radius 3 is 2.74 bits per heavy atom. The topological polar surface area (TPSA) is 109 Å². The van der Waals surface area contributed by atoms with Crippen LogP contribution in [0.1, 0.15) is 49.9 Å². The van der Waals surface area contributed by atoms with Crippen molar-refractivity contribution in [3.63, 3.8) is 0 Å². The molecule has 5 aliphatic rings. The van der Waals surface area contributed by atoms with Crippen LogP contribution in [0.4, 0.5) is 0 Å². The quantitative estimate of drug-likeness (QED) is 0.284. The van der Waals surface area contributed by atoms with Gasteiger partial charge in [-0.3, -0.25) is 19.4 Å². The minimum atomic E-state index is -1.71. The summed E-state index contributed by atoms with van der Waals surface area (Å²) in [6.45, 7) is 8.16. The molecule has 2 aliphatic heterocycles. The Hall–Kier alpha value is -3.03. The van der Waals surface area contributed by atoms with E-state index >= 15 is 0 Å². The largest absolute Gasteiger partial charge is 0.465 e. The minimum Gasteiger partial charge on any atom is -0.465 e. The number of fused-ring (bicyclic) bond motifs is 1. The molecule has 1 aromatic rings. The Bertz CT molecular complexity index is 1140.